The van der Waals surface area contributed by atoms with Crippen LogP contribution < -0.4 is 0 Å². The third-order valence-electron chi connectivity index (χ3n) is 2.77. The quantitative estimate of drug-likeness (QED) is 0.671. The van der Waals surface area contributed by atoms with Crippen LogP contribution >= 0.6 is 23.4 Å². The number of nitrogens with zero attached hydrogens (tertiary/aromatic N) is 4. The van der Waals surface area contributed by atoms with Gasteiger partial charge < -0.3 is 0 Å². The van der Waals surface area contributed by atoms with E-state index in [0.29, 0.717) is 20.3 Å². The Morgan fingerprint density at radius 2 is 1.95 bits per heavy atom. The molecule has 0 bridgehead atoms. The first kappa shape index (κ1) is 15.1. The molecule has 0 spiro atoms. The zero-order valence-electron chi connectivity index (χ0n) is 10.9. The van der Waals surface area contributed by atoms with Crippen LogP contribution in [0.1, 0.15) is 11.4 Å². The second kappa shape index (κ2) is 5.77. The molecule has 0 saturated carbocycles. The van der Waals surface area contributed by atoms with Crippen LogP contribution in [0.2, 0.25) is 5.02 Å². The molecule has 22 heavy (non-hydrogen) atoms. The van der Waals surface area contributed by atoms with Crippen molar-refractivity contribution >= 4 is 29.0 Å². The van der Waals surface area contributed by atoms with Gasteiger partial charge in [-0.1, -0.05) is 35.5 Å². The highest BCUT2D eigenvalue weighted by Gasteiger charge is 2.37. The summed E-state index contributed by atoms with van der Waals surface area (Å²) in [6.45, 7) is 0. The minimum atomic E-state index is -4.59. The van der Waals surface area contributed by atoms with Gasteiger partial charge in [-0.15, -0.1) is 10.2 Å². The monoisotopic (exact) mass is 344 g/mol. The maximum atomic E-state index is 12.8. The van der Waals surface area contributed by atoms with Crippen LogP contribution in [0.25, 0.3) is 5.65 Å². The van der Waals surface area contributed by atoms with Crippen LogP contribution in [0.15, 0.2) is 41.4 Å². The molecule has 0 radical (unpaired) electrons. The van der Waals surface area contributed by atoms with Crippen LogP contribution in [0.5, 0.6) is 0 Å². The van der Waals surface area contributed by atoms with E-state index in [4.69, 9.17) is 11.6 Å². The molecule has 2 aromatic heterocycles. The summed E-state index contributed by atoms with van der Waals surface area (Å²) < 4.78 is 39.1. The van der Waals surface area contributed by atoms with Gasteiger partial charge in [0.05, 0.1) is 0 Å². The molecule has 3 rings (SSSR count). The molecule has 0 N–H and O–H groups in total. The van der Waals surface area contributed by atoms with Gasteiger partial charge in [0.25, 0.3) is 5.82 Å². The maximum absolute atomic E-state index is 12.8. The Balaban J connectivity index is 1.85. The molecule has 0 unspecified atom stereocenters. The van der Waals surface area contributed by atoms with Crippen molar-refractivity contribution in [1.29, 1.82) is 0 Å². The maximum Gasteiger partial charge on any atom is 0.453 e. The molecule has 2 heterocycles. The molecule has 0 amide bonds. The lowest BCUT2D eigenvalue weighted by Crippen LogP contribution is -2.12. The van der Waals surface area contributed by atoms with Crippen molar-refractivity contribution < 1.29 is 13.2 Å². The zero-order valence-corrected chi connectivity index (χ0v) is 12.5. The average molecular weight is 345 g/mol. The summed E-state index contributed by atoms with van der Waals surface area (Å²) in [6.07, 6.45) is -4.59. The smallest absolute Gasteiger partial charge is 0.188 e. The highest BCUT2D eigenvalue weighted by molar-refractivity contribution is 7.98. The van der Waals surface area contributed by atoms with E-state index in [2.05, 4.69) is 15.3 Å². The fraction of sp³-hybridized carbons (Fsp3) is 0.154. The number of hydrogen-bond acceptors (Lipinski definition) is 4. The first-order valence-corrected chi connectivity index (χ1v) is 7.47. The predicted octanol–water partition coefficient (Wildman–Crippen LogP) is 4.09. The molecule has 1 aromatic carbocycles. The van der Waals surface area contributed by atoms with E-state index in [1.165, 1.54) is 17.8 Å². The van der Waals surface area contributed by atoms with Gasteiger partial charge in [0.15, 0.2) is 5.65 Å². The Morgan fingerprint density at radius 3 is 2.68 bits per heavy atom. The Labute approximate surface area is 132 Å². The number of rotatable bonds is 3. The van der Waals surface area contributed by atoms with Gasteiger partial charge in [0.1, 0.15) is 5.03 Å². The normalized spacial score (nSPS) is 12.0. The lowest BCUT2D eigenvalue weighted by molar-refractivity contribution is -0.146. The molecule has 0 atom stereocenters. The molecular weight excluding hydrogens is 337 g/mol. The molecule has 9 heteroatoms. The van der Waals surface area contributed by atoms with E-state index in [0.717, 1.165) is 5.56 Å². The highest BCUT2D eigenvalue weighted by atomic mass is 35.5. The van der Waals surface area contributed by atoms with Crippen LogP contribution in [-0.4, -0.2) is 19.8 Å². The average Bonchev–Trinajstić information content (AvgIpc) is 2.88. The van der Waals surface area contributed by atoms with Crippen molar-refractivity contribution in [3.05, 3.63) is 52.8 Å². The fourth-order valence-electron chi connectivity index (χ4n) is 1.81. The fourth-order valence-corrected chi connectivity index (χ4v) is 2.82. The molecule has 0 fully saturated rings. The van der Waals surface area contributed by atoms with Crippen molar-refractivity contribution in [2.75, 3.05) is 0 Å². The molecule has 4 nitrogen and oxygen atoms in total. The van der Waals surface area contributed by atoms with Crippen molar-refractivity contribution in [2.24, 2.45) is 0 Å². The summed E-state index contributed by atoms with van der Waals surface area (Å²) in [5.41, 5.74) is 1.01. The standard InChI is InChI=1S/C13H8ClF3N4S/c14-9-3-1-2-8(6-9)7-22-11-5-4-10-18-19-12(13(15,16)17)21(10)20-11/h1-6H,7H2. The second-order valence-corrected chi connectivity index (χ2v) is 5.81. The van der Waals surface area contributed by atoms with Gasteiger partial charge in [-0.05, 0) is 29.8 Å². The number of alkyl halides is 3. The lowest BCUT2D eigenvalue weighted by Gasteiger charge is -2.05. The largest absolute Gasteiger partial charge is 0.453 e. The minimum absolute atomic E-state index is 0.0550. The van der Waals surface area contributed by atoms with Crippen molar-refractivity contribution in [2.45, 2.75) is 17.0 Å². The van der Waals surface area contributed by atoms with Crippen molar-refractivity contribution in [3.63, 3.8) is 0 Å². The van der Waals surface area contributed by atoms with Crippen molar-refractivity contribution in [1.82, 2.24) is 19.8 Å². The summed E-state index contributed by atoms with van der Waals surface area (Å²) in [6, 6.07) is 10.3. The van der Waals surface area contributed by atoms with E-state index in [1.807, 2.05) is 12.1 Å². The first-order chi connectivity index (χ1) is 10.4. The van der Waals surface area contributed by atoms with Gasteiger partial charge in [0, 0.05) is 10.8 Å². The van der Waals surface area contributed by atoms with Crippen LogP contribution in [-0.2, 0) is 11.9 Å². The number of hydrogen-bond donors (Lipinski definition) is 0. The molecule has 3 aromatic rings. The number of thioether (sulfide) groups is 1. The molecule has 0 aliphatic carbocycles. The summed E-state index contributed by atoms with van der Waals surface area (Å²) in [5, 5.41) is 11.6. The van der Waals surface area contributed by atoms with Gasteiger partial charge in [-0.3, -0.25) is 0 Å². The van der Waals surface area contributed by atoms with Crippen LogP contribution in [0, 0.1) is 0 Å². The Hall–Kier alpha value is -1.80. The molecular formula is C13H8ClF3N4S. The third-order valence-corrected chi connectivity index (χ3v) is 3.99. The second-order valence-electron chi connectivity index (χ2n) is 4.38. The zero-order chi connectivity index (χ0) is 15.7. The minimum Gasteiger partial charge on any atom is -0.188 e. The van der Waals surface area contributed by atoms with Gasteiger partial charge in [0.2, 0.25) is 0 Å². The highest BCUT2D eigenvalue weighted by Crippen LogP contribution is 2.28. The van der Waals surface area contributed by atoms with Crippen molar-refractivity contribution in [3.8, 4) is 0 Å². The Morgan fingerprint density at radius 1 is 1.14 bits per heavy atom. The summed E-state index contributed by atoms with van der Waals surface area (Å²) in [5.74, 6) is -0.588. The molecule has 0 saturated heterocycles. The number of fused-ring (bicyclic) bond motifs is 1. The van der Waals surface area contributed by atoms with Gasteiger partial charge >= 0.3 is 6.18 Å². The lowest BCUT2D eigenvalue weighted by atomic mass is 10.2. The van der Waals surface area contributed by atoms with Gasteiger partial charge in [-0.25, -0.2) is 0 Å². The van der Waals surface area contributed by atoms with E-state index in [9.17, 15) is 13.2 Å². The summed E-state index contributed by atoms with van der Waals surface area (Å²) in [7, 11) is 0. The molecule has 0 aliphatic rings. The molecule has 114 valence electrons. The number of aromatic nitrogens is 4. The van der Waals surface area contributed by atoms with E-state index in [-0.39, 0.29) is 5.65 Å². The van der Waals surface area contributed by atoms with E-state index < -0.39 is 12.0 Å². The Kier molecular flexibility index (Phi) is 3.96. The van der Waals surface area contributed by atoms with E-state index >= 15 is 0 Å². The molecule has 0 aliphatic heterocycles. The van der Waals surface area contributed by atoms with Crippen LogP contribution in [0.3, 0.4) is 0 Å². The third kappa shape index (κ3) is 3.17. The predicted molar refractivity (Wildman–Crippen MR) is 76.8 cm³/mol. The number of benzene rings is 1. The van der Waals surface area contributed by atoms with Crippen LogP contribution in [0.4, 0.5) is 13.2 Å². The Bertz CT molecular complexity index is 818. The summed E-state index contributed by atoms with van der Waals surface area (Å²) in [4.78, 5) is 0. The van der Waals surface area contributed by atoms with E-state index in [1.54, 1.807) is 18.2 Å². The topological polar surface area (TPSA) is 43.1 Å². The van der Waals surface area contributed by atoms with Gasteiger partial charge in [-0.2, -0.15) is 22.8 Å². The summed E-state index contributed by atoms with van der Waals surface area (Å²) >= 11 is 7.20. The number of halogens is 4. The first-order valence-electron chi connectivity index (χ1n) is 6.10. The SMILES string of the molecule is FC(F)(F)c1nnc2ccc(SCc3cccc(Cl)c3)nn12.